The number of benzene rings is 1. The van der Waals surface area contributed by atoms with Crippen molar-refractivity contribution in [3.63, 3.8) is 0 Å². The van der Waals surface area contributed by atoms with Crippen LogP contribution < -0.4 is 10.2 Å². The Bertz CT molecular complexity index is 1740. The van der Waals surface area contributed by atoms with Crippen molar-refractivity contribution < 1.29 is 13.3 Å². The first-order valence-electron chi connectivity index (χ1n) is 15.0. The van der Waals surface area contributed by atoms with Gasteiger partial charge in [-0.15, -0.1) is 0 Å². The number of anilines is 3. The van der Waals surface area contributed by atoms with Gasteiger partial charge in [0.05, 0.1) is 24.3 Å². The highest BCUT2D eigenvalue weighted by Crippen LogP contribution is 2.45. The van der Waals surface area contributed by atoms with Gasteiger partial charge in [-0.1, -0.05) is 6.07 Å². The van der Waals surface area contributed by atoms with Gasteiger partial charge in [0.1, 0.15) is 5.82 Å². The van der Waals surface area contributed by atoms with Gasteiger partial charge < -0.3 is 15.0 Å². The summed E-state index contributed by atoms with van der Waals surface area (Å²) in [6.07, 6.45) is 8.80. The average molecular weight is 605 g/mol. The molecule has 3 aromatic heterocycles. The van der Waals surface area contributed by atoms with Crippen LogP contribution in [0.5, 0.6) is 0 Å². The molecule has 7 rings (SSSR count). The van der Waals surface area contributed by atoms with Crippen molar-refractivity contribution in [3.05, 3.63) is 60.2 Å². The molecule has 3 fully saturated rings. The molecular weight excluding hydrogens is 567 g/mol. The molecule has 0 spiro atoms. The summed E-state index contributed by atoms with van der Waals surface area (Å²) < 4.78 is 39.5. The van der Waals surface area contributed by atoms with E-state index in [1.54, 1.807) is 35.3 Å². The highest BCUT2D eigenvalue weighted by Gasteiger charge is 2.34. The second kappa shape index (κ2) is 11.5. The molecule has 5 heterocycles. The Morgan fingerprint density at radius 2 is 1.72 bits per heavy atom. The van der Waals surface area contributed by atoms with Gasteiger partial charge in [0.25, 0.3) is 0 Å². The van der Waals surface area contributed by atoms with Gasteiger partial charge in [-0.05, 0) is 62.1 Å². The molecule has 3 aliphatic rings. The van der Waals surface area contributed by atoms with Crippen LogP contribution in [0.25, 0.3) is 16.9 Å². The second-order valence-electron chi connectivity index (χ2n) is 11.9. The average Bonchev–Trinajstić information content (AvgIpc) is 3.81. The Kier molecular flexibility index (Phi) is 7.52. The highest BCUT2D eigenvalue weighted by molar-refractivity contribution is 7.92. The van der Waals surface area contributed by atoms with Crippen LogP contribution in [0.1, 0.15) is 37.3 Å². The van der Waals surface area contributed by atoms with Gasteiger partial charge >= 0.3 is 0 Å². The smallest absolute Gasteiger partial charge is 0.229 e. The molecule has 0 unspecified atom stereocenters. The quantitative estimate of drug-likeness (QED) is 0.306. The Balaban J connectivity index is 1.12. The molecule has 12 heteroatoms. The summed E-state index contributed by atoms with van der Waals surface area (Å²) in [7, 11) is -2.40. The minimum Gasteiger partial charge on any atom is -0.379 e. The Morgan fingerprint density at radius 1 is 0.977 bits per heavy atom. The zero-order valence-electron chi connectivity index (χ0n) is 24.6. The number of pyridine rings is 1. The number of fused-ring (bicyclic) bond motifs is 1. The third-order valence-corrected chi connectivity index (χ3v) is 9.05. The SMILES string of the molecule is CS(C)(=O)=Nc1cccc(-n2c(C3CC3)c(F)c3cnc(Nc4ccc(N5CCC(N6CCOCC6)CC5)cc4)nc32)n1. The summed E-state index contributed by atoms with van der Waals surface area (Å²) in [5.74, 6) is 0.992. The van der Waals surface area contributed by atoms with Crippen LogP contribution in [0.3, 0.4) is 0 Å². The van der Waals surface area contributed by atoms with Crippen molar-refractivity contribution >= 4 is 43.9 Å². The van der Waals surface area contributed by atoms with E-state index in [1.165, 1.54) is 11.9 Å². The number of piperidine rings is 1. The Hall–Kier alpha value is -3.61. The lowest BCUT2D eigenvalue weighted by molar-refractivity contribution is 0.0115. The number of nitrogens with zero attached hydrogens (tertiary/aromatic N) is 7. The lowest BCUT2D eigenvalue weighted by Gasteiger charge is -2.40. The van der Waals surface area contributed by atoms with Crippen molar-refractivity contribution in [2.45, 2.75) is 37.6 Å². The molecule has 1 aromatic carbocycles. The van der Waals surface area contributed by atoms with E-state index in [0.717, 1.165) is 70.8 Å². The van der Waals surface area contributed by atoms with Crippen LogP contribution in [0.2, 0.25) is 0 Å². The molecule has 0 atom stereocenters. The molecule has 1 N–H and O–H groups in total. The Morgan fingerprint density at radius 3 is 2.42 bits per heavy atom. The molecule has 1 saturated carbocycles. The molecule has 4 aromatic rings. The Labute approximate surface area is 251 Å². The summed E-state index contributed by atoms with van der Waals surface area (Å²) in [4.78, 5) is 18.8. The second-order valence-corrected chi connectivity index (χ2v) is 14.4. The van der Waals surface area contributed by atoms with Gasteiger partial charge in [-0.2, -0.15) is 9.35 Å². The van der Waals surface area contributed by atoms with Gasteiger partial charge in [0, 0.05) is 78.0 Å². The van der Waals surface area contributed by atoms with E-state index >= 15 is 4.39 Å². The van der Waals surface area contributed by atoms with Crippen molar-refractivity contribution in [2.24, 2.45) is 4.36 Å². The van der Waals surface area contributed by atoms with Crippen molar-refractivity contribution in [1.82, 2.24) is 24.4 Å². The lowest BCUT2D eigenvalue weighted by Crippen LogP contribution is -2.49. The fraction of sp³-hybridized carbons (Fsp3) is 0.452. The number of aromatic nitrogens is 4. The minimum atomic E-state index is -2.40. The van der Waals surface area contributed by atoms with Crippen molar-refractivity contribution in [2.75, 3.05) is 62.1 Å². The first-order chi connectivity index (χ1) is 20.8. The zero-order chi connectivity index (χ0) is 29.6. The third kappa shape index (κ3) is 6.09. The zero-order valence-corrected chi connectivity index (χ0v) is 25.4. The van der Waals surface area contributed by atoms with Gasteiger partial charge in [-0.3, -0.25) is 9.47 Å². The van der Waals surface area contributed by atoms with Crippen LogP contribution >= 0.6 is 0 Å². The molecule has 0 amide bonds. The largest absolute Gasteiger partial charge is 0.379 e. The maximum absolute atomic E-state index is 15.7. The van der Waals surface area contributed by atoms with Crippen molar-refractivity contribution in [1.29, 1.82) is 0 Å². The lowest BCUT2D eigenvalue weighted by atomic mass is 10.0. The standard InChI is InChI=1S/C31H37FN8O2S/c1-43(2,41)37-26-4-3-5-27(35-26)40-29(21-6-7-21)28(32)25-20-33-31(36-30(25)40)34-22-8-10-23(11-9-22)38-14-12-24(13-15-38)39-16-18-42-19-17-39/h3-5,8-11,20-21,24H,6-7,12-19H2,1-2H3,(H,33,34,36). The topological polar surface area (TPSA) is 101 Å². The number of halogens is 1. The number of hydrogen-bond donors (Lipinski definition) is 1. The maximum Gasteiger partial charge on any atom is 0.229 e. The highest BCUT2D eigenvalue weighted by atomic mass is 32.2. The van der Waals surface area contributed by atoms with Crippen LogP contribution in [-0.4, -0.2) is 86.6 Å². The fourth-order valence-electron chi connectivity index (χ4n) is 6.19. The van der Waals surface area contributed by atoms with E-state index in [9.17, 15) is 4.21 Å². The van der Waals surface area contributed by atoms with Gasteiger partial charge in [0.15, 0.2) is 17.3 Å². The predicted octanol–water partition coefficient (Wildman–Crippen LogP) is 5.24. The molecule has 10 nitrogen and oxygen atoms in total. The number of nitrogens with one attached hydrogen (secondary N) is 1. The van der Waals surface area contributed by atoms with E-state index in [1.807, 2.05) is 12.1 Å². The van der Waals surface area contributed by atoms with Crippen LogP contribution in [0, 0.1) is 5.82 Å². The number of hydrogen-bond acceptors (Lipinski definition) is 9. The summed E-state index contributed by atoms with van der Waals surface area (Å²) in [5.41, 5.74) is 3.05. The summed E-state index contributed by atoms with van der Waals surface area (Å²) in [5, 5.41) is 3.65. The molecule has 0 radical (unpaired) electrons. The molecular formula is C31H37FN8O2S. The third-order valence-electron chi connectivity index (χ3n) is 8.42. The summed E-state index contributed by atoms with van der Waals surface area (Å²) in [6.45, 7) is 5.84. The van der Waals surface area contributed by atoms with Crippen molar-refractivity contribution in [3.8, 4) is 5.82 Å². The van der Waals surface area contributed by atoms with E-state index in [-0.39, 0.29) is 11.7 Å². The van der Waals surface area contributed by atoms with Crippen LogP contribution in [0.15, 0.2) is 53.0 Å². The molecule has 2 aliphatic heterocycles. The first kappa shape index (κ1) is 28.2. The van der Waals surface area contributed by atoms with E-state index in [0.29, 0.717) is 40.4 Å². The van der Waals surface area contributed by atoms with E-state index in [2.05, 4.69) is 41.6 Å². The summed E-state index contributed by atoms with van der Waals surface area (Å²) >= 11 is 0. The maximum atomic E-state index is 15.7. The minimum absolute atomic E-state index is 0.0982. The fourth-order valence-corrected chi connectivity index (χ4v) is 6.74. The number of ether oxygens (including phenoxy) is 1. The normalized spacial score (nSPS) is 18.7. The molecule has 0 bridgehead atoms. The van der Waals surface area contributed by atoms with Crippen LogP contribution in [0.4, 0.5) is 27.5 Å². The molecule has 2 saturated heterocycles. The first-order valence-corrected chi connectivity index (χ1v) is 17.3. The molecule has 226 valence electrons. The molecule has 43 heavy (non-hydrogen) atoms. The van der Waals surface area contributed by atoms with Crippen LogP contribution in [-0.2, 0) is 14.5 Å². The number of rotatable bonds is 7. The van der Waals surface area contributed by atoms with E-state index < -0.39 is 9.73 Å². The monoisotopic (exact) mass is 604 g/mol. The van der Waals surface area contributed by atoms with Gasteiger partial charge in [-0.25, -0.2) is 18.6 Å². The molecule has 1 aliphatic carbocycles. The predicted molar refractivity (Wildman–Crippen MR) is 168 cm³/mol. The summed E-state index contributed by atoms with van der Waals surface area (Å²) in [6, 6.07) is 14.3. The number of morpholine rings is 1. The van der Waals surface area contributed by atoms with Gasteiger partial charge in [0.2, 0.25) is 5.95 Å². The van der Waals surface area contributed by atoms with E-state index in [4.69, 9.17) is 9.72 Å².